The van der Waals surface area contributed by atoms with Crippen LogP contribution in [0.1, 0.15) is 65.4 Å². The van der Waals surface area contributed by atoms with Gasteiger partial charge in [0, 0.05) is 25.3 Å². The molecule has 4 atom stereocenters. The van der Waals surface area contributed by atoms with E-state index in [0.29, 0.717) is 19.4 Å². The minimum absolute atomic E-state index is 0.0283. The summed E-state index contributed by atoms with van der Waals surface area (Å²) < 4.78 is 27.1. The highest BCUT2D eigenvalue weighted by atomic mass is 32.2. The maximum Gasteiger partial charge on any atom is 0.305 e. The van der Waals surface area contributed by atoms with E-state index in [1.165, 1.54) is 0 Å². The van der Waals surface area contributed by atoms with Crippen LogP contribution in [0.2, 0.25) is 0 Å². The number of nitrogens with one attached hydrogen (secondary N) is 2. The number of aliphatic carboxylic acids is 1. The number of hydrogen-bond acceptors (Lipinski definition) is 7. The molecule has 250 valence electrons. The first-order valence-electron chi connectivity index (χ1n) is 15.8. The lowest BCUT2D eigenvalue weighted by Crippen LogP contribution is -2.62. The Hall–Kier alpha value is -3.64. The van der Waals surface area contributed by atoms with Crippen molar-refractivity contribution in [3.63, 3.8) is 0 Å². The van der Waals surface area contributed by atoms with Crippen molar-refractivity contribution in [2.75, 3.05) is 19.3 Å². The van der Waals surface area contributed by atoms with Crippen molar-refractivity contribution >= 4 is 50.1 Å². The SMILES string of the molecule is CC(C)C(CC(=O)NCCc1ccc2ccccc2c1)C(=O)NC(CC(=O)O)C(=O)CN(C12CCC(CC1=O)C2(C)C)S(C)(=O)=O. The van der Waals surface area contributed by atoms with E-state index in [9.17, 15) is 37.5 Å². The molecule has 46 heavy (non-hydrogen) atoms. The molecule has 0 spiro atoms. The molecule has 2 saturated carbocycles. The van der Waals surface area contributed by atoms with E-state index in [2.05, 4.69) is 16.7 Å². The number of carboxylic acids is 1. The van der Waals surface area contributed by atoms with Gasteiger partial charge in [0.15, 0.2) is 11.6 Å². The number of ketones is 2. The van der Waals surface area contributed by atoms with Gasteiger partial charge in [0.2, 0.25) is 21.8 Å². The zero-order valence-electron chi connectivity index (χ0n) is 27.2. The molecular formula is C34H45N3O8S. The van der Waals surface area contributed by atoms with Gasteiger partial charge in [-0.05, 0) is 52.8 Å². The van der Waals surface area contributed by atoms with Crippen LogP contribution >= 0.6 is 0 Å². The molecule has 2 aromatic carbocycles. The fourth-order valence-electron chi connectivity index (χ4n) is 7.37. The van der Waals surface area contributed by atoms with E-state index in [1.807, 2.05) is 50.2 Å². The monoisotopic (exact) mass is 655 g/mol. The third-order valence-electron chi connectivity index (χ3n) is 10.1. The van der Waals surface area contributed by atoms with Crippen molar-refractivity contribution in [3.8, 4) is 0 Å². The molecule has 2 fully saturated rings. The highest BCUT2D eigenvalue weighted by Crippen LogP contribution is 2.61. The first-order chi connectivity index (χ1) is 21.5. The van der Waals surface area contributed by atoms with E-state index in [4.69, 9.17) is 0 Å². The number of benzene rings is 2. The predicted octanol–water partition coefficient (Wildman–Crippen LogP) is 3.10. The normalized spacial score (nSPS) is 21.8. The van der Waals surface area contributed by atoms with E-state index in [-0.39, 0.29) is 42.8 Å². The molecular weight excluding hydrogens is 610 g/mol. The molecule has 0 heterocycles. The van der Waals surface area contributed by atoms with Crippen LogP contribution in [0.4, 0.5) is 0 Å². The summed E-state index contributed by atoms with van der Waals surface area (Å²) in [4.78, 5) is 64.9. The standard InChI is InChI=1S/C34H45N3O8S/c1-21(2)26(18-30(40)35-15-13-22-10-11-23-8-6-7-9-24(23)16-22)32(43)36-27(19-31(41)42)28(38)20-37(46(5,44)45)34-14-12-25(17-29(34)39)33(34,3)4/h6-11,16,21,25-27H,12-15,17-20H2,1-5H3,(H,35,40)(H,36,43)(H,41,42). The summed E-state index contributed by atoms with van der Waals surface area (Å²) in [6.07, 6.45) is 1.67. The number of amides is 2. The van der Waals surface area contributed by atoms with Crippen LogP contribution in [0.3, 0.4) is 0 Å². The molecule has 2 amide bonds. The topological polar surface area (TPSA) is 167 Å². The van der Waals surface area contributed by atoms with Gasteiger partial charge in [0.25, 0.3) is 0 Å². The molecule has 2 aliphatic rings. The molecule has 12 heteroatoms. The van der Waals surface area contributed by atoms with Gasteiger partial charge in [-0.15, -0.1) is 0 Å². The van der Waals surface area contributed by atoms with Crippen LogP contribution in [0.25, 0.3) is 10.8 Å². The van der Waals surface area contributed by atoms with Crippen LogP contribution in [0, 0.1) is 23.2 Å². The number of nitrogens with zero attached hydrogens (tertiary/aromatic N) is 1. The number of carbonyl (C=O) groups is 5. The van der Waals surface area contributed by atoms with Crippen molar-refractivity contribution < 1.29 is 37.5 Å². The highest BCUT2D eigenvalue weighted by molar-refractivity contribution is 7.88. The first-order valence-corrected chi connectivity index (χ1v) is 17.6. The lowest BCUT2D eigenvalue weighted by Gasteiger charge is -2.44. The number of carboxylic acid groups (broad SMARTS) is 1. The molecule has 0 aliphatic heterocycles. The van der Waals surface area contributed by atoms with E-state index in [1.54, 1.807) is 13.8 Å². The first kappa shape index (κ1) is 35.2. The smallest absolute Gasteiger partial charge is 0.305 e. The fraction of sp³-hybridized carbons (Fsp3) is 0.559. The Morgan fingerprint density at radius 2 is 1.72 bits per heavy atom. The molecule has 2 bridgehead atoms. The van der Waals surface area contributed by atoms with Crippen LogP contribution < -0.4 is 10.6 Å². The van der Waals surface area contributed by atoms with Gasteiger partial charge in [-0.3, -0.25) is 24.0 Å². The number of Topliss-reactive ketones (excluding diaryl/α,β-unsaturated/α-hetero) is 2. The van der Waals surface area contributed by atoms with E-state index < -0.39 is 63.6 Å². The number of sulfonamides is 1. The van der Waals surface area contributed by atoms with Gasteiger partial charge in [0.1, 0.15) is 0 Å². The van der Waals surface area contributed by atoms with Crippen molar-refractivity contribution in [2.24, 2.45) is 23.2 Å². The van der Waals surface area contributed by atoms with Crippen molar-refractivity contribution in [3.05, 3.63) is 48.0 Å². The molecule has 2 aliphatic carbocycles. The number of fused-ring (bicyclic) bond motifs is 3. The molecule has 3 N–H and O–H groups in total. The molecule has 0 radical (unpaired) electrons. The van der Waals surface area contributed by atoms with Gasteiger partial charge >= 0.3 is 5.97 Å². The number of carbonyl (C=O) groups excluding carboxylic acids is 4. The second-order valence-electron chi connectivity index (χ2n) is 13.7. The Morgan fingerprint density at radius 3 is 2.28 bits per heavy atom. The molecule has 4 rings (SSSR count). The van der Waals surface area contributed by atoms with Gasteiger partial charge in [-0.25, -0.2) is 8.42 Å². The Balaban J connectivity index is 1.43. The van der Waals surface area contributed by atoms with Gasteiger partial charge in [-0.2, -0.15) is 4.31 Å². The number of rotatable bonds is 15. The second kappa shape index (κ2) is 13.6. The Morgan fingerprint density at radius 1 is 1.04 bits per heavy atom. The Kier molecular flexibility index (Phi) is 10.4. The zero-order chi connectivity index (χ0) is 34.0. The summed E-state index contributed by atoms with van der Waals surface area (Å²) in [6.45, 7) is 6.75. The van der Waals surface area contributed by atoms with Crippen LogP contribution in [-0.2, 0) is 40.4 Å². The van der Waals surface area contributed by atoms with E-state index in [0.717, 1.165) is 26.9 Å². The van der Waals surface area contributed by atoms with Crippen molar-refractivity contribution in [2.45, 2.75) is 77.8 Å². The lowest BCUT2D eigenvalue weighted by atomic mass is 9.75. The fourth-order valence-corrected chi connectivity index (χ4v) is 8.72. The average Bonchev–Trinajstić information content (AvgIpc) is 3.33. The average molecular weight is 656 g/mol. The highest BCUT2D eigenvalue weighted by Gasteiger charge is 2.68. The van der Waals surface area contributed by atoms with Gasteiger partial charge < -0.3 is 15.7 Å². The maximum atomic E-state index is 13.6. The summed E-state index contributed by atoms with van der Waals surface area (Å²) in [7, 11) is -4.09. The molecule has 4 unspecified atom stereocenters. The Bertz CT molecular complexity index is 1640. The van der Waals surface area contributed by atoms with Crippen LogP contribution in [0.15, 0.2) is 42.5 Å². The molecule has 2 aromatic rings. The zero-order valence-corrected chi connectivity index (χ0v) is 28.0. The minimum Gasteiger partial charge on any atom is -0.481 e. The molecule has 11 nitrogen and oxygen atoms in total. The molecule has 0 saturated heterocycles. The van der Waals surface area contributed by atoms with Crippen molar-refractivity contribution in [1.82, 2.24) is 14.9 Å². The summed E-state index contributed by atoms with van der Waals surface area (Å²) in [5, 5.41) is 17.1. The lowest BCUT2D eigenvalue weighted by molar-refractivity contribution is -0.142. The number of hydrogen-bond donors (Lipinski definition) is 3. The predicted molar refractivity (Wildman–Crippen MR) is 173 cm³/mol. The summed E-state index contributed by atoms with van der Waals surface area (Å²) >= 11 is 0. The largest absolute Gasteiger partial charge is 0.481 e. The second-order valence-corrected chi connectivity index (χ2v) is 15.6. The van der Waals surface area contributed by atoms with Crippen molar-refractivity contribution in [1.29, 1.82) is 0 Å². The summed E-state index contributed by atoms with van der Waals surface area (Å²) in [5.41, 5.74) is -1.08. The summed E-state index contributed by atoms with van der Waals surface area (Å²) in [5.74, 6) is -4.73. The maximum absolute atomic E-state index is 13.6. The van der Waals surface area contributed by atoms with Gasteiger partial charge in [0.05, 0.1) is 30.8 Å². The summed E-state index contributed by atoms with van der Waals surface area (Å²) in [6, 6.07) is 12.5. The third kappa shape index (κ3) is 7.17. The molecule has 0 aromatic heterocycles. The quantitative estimate of drug-likeness (QED) is 0.263. The van der Waals surface area contributed by atoms with Crippen LogP contribution in [0.5, 0.6) is 0 Å². The third-order valence-corrected chi connectivity index (χ3v) is 11.4. The van der Waals surface area contributed by atoms with Gasteiger partial charge in [-0.1, -0.05) is 70.2 Å². The Labute approximate surface area is 270 Å². The van der Waals surface area contributed by atoms with E-state index >= 15 is 0 Å². The van der Waals surface area contributed by atoms with Crippen LogP contribution in [-0.4, -0.2) is 78.1 Å². The minimum atomic E-state index is -4.09.